The Morgan fingerprint density at radius 2 is 2.00 bits per heavy atom. The highest BCUT2D eigenvalue weighted by atomic mass is 16.6. The molecule has 0 atom stereocenters. The van der Waals surface area contributed by atoms with Crippen molar-refractivity contribution in [2.75, 3.05) is 18.4 Å². The number of aromatic carboxylic acids is 1. The molecule has 7 heteroatoms. The summed E-state index contributed by atoms with van der Waals surface area (Å²) in [5, 5.41) is 14.3. The van der Waals surface area contributed by atoms with Crippen LogP contribution in [-0.4, -0.2) is 40.8 Å². The minimum absolute atomic E-state index is 0.127. The maximum Gasteiger partial charge on any atom is 0.407 e. The van der Waals surface area contributed by atoms with Crippen LogP contribution < -0.4 is 10.6 Å². The summed E-state index contributed by atoms with van der Waals surface area (Å²) in [6, 6.07) is 3.02. The summed E-state index contributed by atoms with van der Waals surface area (Å²) in [6.07, 6.45) is 0.792. The van der Waals surface area contributed by atoms with E-state index in [1.165, 1.54) is 12.3 Å². The Balaban J connectivity index is 2.27. The number of carboxylic acids is 1. The van der Waals surface area contributed by atoms with Gasteiger partial charge in [-0.1, -0.05) is 0 Å². The summed E-state index contributed by atoms with van der Waals surface area (Å²) >= 11 is 0. The zero-order valence-corrected chi connectivity index (χ0v) is 11.8. The summed E-state index contributed by atoms with van der Waals surface area (Å²) in [7, 11) is 0. The molecule has 0 bridgehead atoms. The van der Waals surface area contributed by atoms with E-state index in [2.05, 4.69) is 15.6 Å². The van der Waals surface area contributed by atoms with Crippen molar-refractivity contribution in [2.24, 2.45) is 0 Å². The van der Waals surface area contributed by atoms with Crippen LogP contribution in [0.15, 0.2) is 18.3 Å². The first-order valence-electron chi connectivity index (χ1n) is 6.18. The molecule has 0 aliphatic rings. The van der Waals surface area contributed by atoms with E-state index in [0.29, 0.717) is 18.9 Å². The highest BCUT2D eigenvalue weighted by Gasteiger charge is 2.15. The topological polar surface area (TPSA) is 101 Å². The van der Waals surface area contributed by atoms with Gasteiger partial charge in [0.1, 0.15) is 11.4 Å². The number of amides is 1. The lowest BCUT2D eigenvalue weighted by atomic mass is 10.2. The Labute approximate surface area is 117 Å². The number of nitrogens with one attached hydrogen (secondary N) is 2. The number of nitrogens with zero attached hydrogens (tertiary/aromatic N) is 1. The van der Waals surface area contributed by atoms with Crippen molar-refractivity contribution in [3.8, 4) is 0 Å². The molecule has 1 amide bonds. The lowest BCUT2D eigenvalue weighted by Crippen LogP contribution is -2.35. The van der Waals surface area contributed by atoms with Crippen LogP contribution in [0.2, 0.25) is 0 Å². The molecule has 0 saturated carbocycles. The Bertz CT molecular complexity index is 465. The molecule has 0 spiro atoms. The summed E-state index contributed by atoms with van der Waals surface area (Å²) in [5.41, 5.74) is -0.395. The van der Waals surface area contributed by atoms with Crippen LogP contribution in [0.4, 0.5) is 10.6 Å². The maximum absolute atomic E-state index is 11.3. The van der Waals surface area contributed by atoms with Crippen molar-refractivity contribution >= 4 is 17.9 Å². The van der Waals surface area contributed by atoms with Crippen LogP contribution in [0.1, 0.15) is 31.1 Å². The average molecular weight is 281 g/mol. The Morgan fingerprint density at radius 1 is 1.30 bits per heavy atom. The minimum atomic E-state index is -1.02. The molecular formula is C13H19N3O4. The van der Waals surface area contributed by atoms with Gasteiger partial charge in [-0.3, -0.25) is 0 Å². The Hall–Kier alpha value is -2.31. The van der Waals surface area contributed by atoms with E-state index in [9.17, 15) is 9.59 Å². The van der Waals surface area contributed by atoms with E-state index >= 15 is 0 Å². The van der Waals surface area contributed by atoms with Gasteiger partial charge in [0, 0.05) is 19.3 Å². The molecule has 0 aromatic carbocycles. The first kappa shape index (κ1) is 15.7. The van der Waals surface area contributed by atoms with Crippen LogP contribution in [-0.2, 0) is 4.74 Å². The third kappa shape index (κ3) is 6.03. The zero-order chi connectivity index (χ0) is 15.2. The predicted octanol–water partition coefficient (Wildman–Crippen LogP) is 1.72. The van der Waals surface area contributed by atoms with Crippen LogP contribution in [0, 0.1) is 0 Å². The largest absolute Gasteiger partial charge is 0.478 e. The van der Waals surface area contributed by atoms with Crippen molar-refractivity contribution in [1.29, 1.82) is 0 Å². The Morgan fingerprint density at radius 3 is 2.50 bits per heavy atom. The highest BCUT2D eigenvalue weighted by Crippen LogP contribution is 2.06. The number of anilines is 1. The van der Waals surface area contributed by atoms with Gasteiger partial charge in [0.2, 0.25) is 0 Å². The SMILES string of the molecule is CC(C)(C)OC(=O)NCCNc1ccc(C(=O)O)cn1. The fourth-order valence-corrected chi connectivity index (χ4v) is 1.29. The molecule has 1 aromatic heterocycles. The molecule has 20 heavy (non-hydrogen) atoms. The molecule has 3 N–H and O–H groups in total. The number of pyridine rings is 1. The summed E-state index contributed by atoms with van der Waals surface area (Å²) in [5.74, 6) is -0.475. The number of aromatic nitrogens is 1. The number of carbonyl (C=O) groups is 2. The lowest BCUT2D eigenvalue weighted by Gasteiger charge is -2.19. The number of carbonyl (C=O) groups excluding carboxylic acids is 1. The molecule has 1 rings (SSSR count). The van der Waals surface area contributed by atoms with Crippen LogP contribution >= 0.6 is 0 Å². The van der Waals surface area contributed by atoms with Gasteiger partial charge >= 0.3 is 12.1 Å². The van der Waals surface area contributed by atoms with Crippen molar-refractivity contribution in [2.45, 2.75) is 26.4 Å². The van der Waals surface area contributed by atoms with E-state index in [1.54, 1.807) is 26.8 Å². The van der Waals surface area contributed by atoms with Crippen molar-refractivity contribution < 1.29 is 19.4 Å². The highest BCUT2D eigenvalue weighted by molar-refractivity contribution is 5.87. The Kier molecular flexibility index (Phi) is 5.31. The maximum atomic E-state index is 11.3. The van der Waals surface area contributed by atoms with E-state index in [-0.39, 0.29) is 5.56 Å². The molecule has 0 unspecified atom stereocenters. The lowest BCUT2D eigenvalue weighted by molar-refractivity contribution is 0.0529. The van der Waals surface area contributed by atoms with E-state index in [0.717, 1.165) is 0 Å². The second-order valence-corrected chi connectivity index (χ2v) is 5.09. The van der Waals surface area contributed by atoms with Gasteiger partial charge in [-0.2, -0.15) is 0 Å². The van der Waals surface area contributed by atoms with Crippen molar-refractivity contribution in [3.05, 3.63) is 23.9 Å². The van der Waals surface area contributed by atoms with Crippen LogP contribution in [0.5, 0.6) is 0 Å². The number of hydrogen-bond acceptors (Lipinski definition) is 5. The van der Waals surface area contributed by atoms with Gasteiger partial charge in [-0.05, 0) is 32.9 Å². The summed E-state index contributed by atoms with van der Waals surface area (Å²) in [4.78, 5) is 25.9. The first-order valence-corrected chi connectivity index (χ1v) is 6.18. The predicted molar refractivity (Wildman–Crippen MR) is 73.9 cm³/mol. The van der Waals surface area contributed by atoms with Gasteiger partial charge in [0.15, 0.2) is 0 Å². The fraction of sp³-hybridized carbons (Fsp3) is 0.462. The number of alkyl carbamates (subject to hydrolysis) is 1. The molecule has 7 nitrogen and oxygen atoms in total. The molecule has 0 aliphatic carbocycles. The quantitative estimate of drug-likeness (QED) is 0.710. The van der Waals surface area contributed by atoms with Gasteiger partial charge < -0.3 is 20.5 Å². The molecular weight excluding hydrogens is 262 g/mol. The molecule has 0 radical (unpaired) electrons. The smallest absolute Gasteiger partial charge is 0.407 e. The molecule has 0 saturated heterocycles. The summed E-state index contributed by atoms with van der Waals surface area (Å²) in [6.45, 7) is 6.20. The third-order valence-corrected chi connectivity index (χ3v) is 2.11. The van der Waals surface area contributed by atoms with E-state index in [1.807, 2.05) is 0 Å². The van der Waals surface area contributed by atoms with E-state index in [4.69, 9.17) is 9.84 Å². The number of carboxylic acid groups (broad SMARTS) is 1. The van der Waals surface area contributed by atoms with Gasteiger partial charge in [-0.25, -0.2) is 14.6 Å². The molecule has 110 valence electrons. The molecule has 0 fully saturated rings. The van der Waals surface area contributed by atoms with Crippen LogP contribution in [0.25, 0.3) is 0 Å². The first-order chi connectivity index (χ1) is 9.28. The van der Waals surface area contributed by atoms with Crippen molar-refractivity contribution in [1.82, 2.24) is 10.3 Å². The normalized spacial score (nSPS) is 10.8. The average Bonchev–Trinajstić information content (AvgIpc) is 2.33. The van der Waals surface area contributed by atoms with Gasteiger partial charge in [0.25, 0.3) is 0 Å². The second-order valence-electron chi connectivity index (χ2n) is 5.09. The standard InChI is InChI=1S/C13H19N3O4/c1-13(2,3)20-12(19)15-7-6-14-10-5-4-9(8-16-10)11(17)18/h4-5,8H,6-7H2,1-3H3,(H,14,16)(H,15,19)(H,17,18). The van der Waals surface area contributed by atoms with Gasteiger partial charge in [-0.15, -0.1) is 0 Å². The van der Waals surface area contributed by atoms with E-state index < -0.39 is 17.7 Å². The molecule has 1 aromatic rings. The molecule has 0 aliphatic heterocycles. The summed E-state index contributed by atoms with van der Waals surface area (Å²) < 4.78 is 5.07. The second kappa shape index (κ2) is 6.74. The minimum Gasteiger partial charge on any atom is -0.478 e. The van der Waals surface area contributed by atoms with Gasteiger partial charge in [0.05, 0.1) is 5.56 Å². The van der Waals surface area contributed by atoms with Crippen molar-refractivity contribution in [3.63, 3.8) is 0 Å². The van der Waals surface area contributed by atoms with Crippen LogP contribution in [0.3, 0.4) is 0 Å². The number of hydrogen-bond donors (Lipinski definition) is 3. The number of ether oxygens (including phenoxy) is 1. The monoisotopic (exact) mass is 281 g/mol. The third-order valence-electron chi connectivity index (χ3n) is 2.11. The molecule has 1 heterocycles. The zero-order valence-electron chi connectivity index (χ0n) is 11.8. The number of rotatable bonds is 5. The fourth-order valence-electron chi connectivity index (χ4n) is 1.29.